The molecular formula is C18H17FN4OS. The summed E-state index contributed by atoms with van der Waals surface area (Å²) in [5.74, 6) is -0.293. The van der Waals surface area contributed by atoms with E-state index >= 15 is 0 Å². The maximum absolute atomic E-state index is 13.4. The first kappa shape index (κ1) is 16.1. The van der Waals surface area contributed by atoms with Crippen LogP contribution in [0.2, 0.25) is 0 Å². The monoisotopic (exact) mass is 356 g/mol. The number of aliphatic imine (C=N–C) groups is 1. The number of nitrogens with two attached hydrogens (primary N) is 1. The normalized spacial score (nSPS) is 19.0. The zero-order valence-corrected chi connectivity index (χ0v) is 14.5. The van der Waals surface area contributed by atoms with Crippen molar-refractivity contribution in [1.82, 2.24) is 9.88 Å². The largest absolute Gasteiger partial charge is 0.506 e. The van der Waals surface area contributed by atoms with E-state index < -0.39 is 5.82 Å². The van der Waals surface area contributed by atoms with Gasteiger partial charge < -0.3 is 15.7 Å². The Morgan fingerprint density at radius 2 is 2.20 bits per heavy atom. The summed E-state index contributed by atoms with van der Waals surface area (Å²) >= 11 is 1.27. The minimum Gasteiger partial charge on any atom is -0.506 e. The number of pyridine rings is 1. The van der Waals surface area contributed by atoms with Crippen LogP contribution in [0, 0.1) is 5.82 Å². The summed E-state index contributed by atoms with van der Waals surface area (Å²) in [4.78, 5) is 11.8. The van der Waals surface area contributed by atoms with Crippen molar-refractivity contribution in [2.75, 3.05) is 13.6 Å². The molecule has 5 nitrogen and oxygen atoms in total. The average molecular weight is 356 g/mol. The Hall–Kier alpha value is -2.38. The number of fused-ring (bicyclic) bond motifs is 2. The lowest BCUT2D eigenvalue weighted by molar-refractivity contribution is 0.309. The van der Waals surface area contributed by atoms with Crippen molar-refractivity contribution in [1.29, 1.82) is 0 Å². The molecular weight excluding hydrogens is 339 g/mol. The fourth-order valence-corrected chi connectivity index (χ4v) is 3.93. The topological polar surface area (TPSA) is 74.7 Å². The van der Waals surface area contributed by atoms with Crippen LogP contribution in [0.1, 0.15) is 16.8 Å². The first-order valence-electron chi connectivity index (χ1n) is 7.94. The number of aromatic nitrogens is 1. The number of halogens is 1. The van der Waals surface area contributed by atoms with E-state index in [2.05, 4.69) is 16.9 Å². The van der Waals surface area contributed by atoms with Crippen LogP contribution in [0.5, 0.6) is 0 Å². The van der Waals surface area contributed by atoms with Crippen LogP contribution < -0.4 is 5.73 Å². The molecule has 0 saturated carbocycles. The van der Waals surface area contributed by atoms with Crippen molar-refractivity contribution in [3.8, 4) is 0 Å². The van der Waals surface area contributed by atoms with Crippen LogP contribution in [0.15, 0.2) is 45.3 Å². The number of benzene rings is 1. The zero-order chi connectivity index (χ0) is 17.6. The molecule has 0 saturated heterocycles. The molecule has 0 fully saturated rings. The third kappa shape index (κ3) is 3.01. The minimum atomic E-state index is -0.419. The maximum Gasteiger partial charge on any atom is 0.142 e. The molecule has 3 heterocycles. The standard InChI is InChI=1S/C18H17FN4OS/c1-23-6-5-13-11(9-23)8-14-18(22-13)25-16(17(20)21-14)15(24)10-3-2-4-12(19)7-10/h2-4,7-8,24H,5-6,9H2,1H3,(H2,20,21)/b16-15+. The molecule has 4 rings (SSSR count). The lowest BCUT2D eigenvalue weighted by Gasteiger charge is -2.26. The van der Waals surface area contributed by atoms with Gasteiger partial charge in [-0.1, -0.05) is 23.9 Å². The highest BCUT2D eigenvalue weighted by atomic mass is 32.2. The number of thioether (sulfide) groups is 1. The number of hydrogen-bond acceptors (Lipinski definition) is 6. The molecule has 2 aromatic rings. The second-order valence-corrected chi connectivity index (χ2v) is 7.19. The number of likely N-dealkylation sites (N-methyl/N-ethyl adjacent to an activating group) is 1. The Balaban J connectivity index is 1.77. The Kier molecular flexibility index (Phi) is 3.97. The summed E-state index contributed by atoms with van der Waals surface area (Å²) in [5.41, 5.74) is 9.35. The number of hydrogen-bond donors (Lipinski definition) is 2. The molecule has 0 atom stereocenters. The fraction of sp³-hybridized carbons (Fsp3) is 0.222. The predicted octanol–water partition coefficient (Wildman–Crippen LogP) is 3.23. The van der Waals surface area contributed by atoms with Gasteiger partial charge in [0.15, 0.2) is 0 Å². The molecule has 0 aliphatic carbocycles. The van der Waals surface area contributed by atoms with Gasteiger partial charge in [-0.25, -0.2) is 14.4 Å². The molecule has 3 N–H and O–H groups in total. The zero-order valence-electron chi connectivity index (χ0n) is 13.7. The van der Waals surface area contributed by atoms with Crippen LogP contribution in [-0.4, -0.2) is 34.4 Å². The van der Waals surface area contributed by atoms with Gasteiger partial charge in [-0.15, -0.1) is 0 Å². The SMILES string of the molecule is CN1CCc2nc3c(cc2C1)N=C(N)/C(=C(\O)c1cccc(F)c1)S3. The number of amidine groups is 1. The van der Waals surface area contributed by atoms with Crippen LogP contribution in [0.3, 0.4) is 0 Å². The van der Waals surface area contributed by atoms with Crippen molar-refractivity contribution in [3.05, 3.63) is 57.9 Å². The number of nitrogens with zero attached hydrogens (tertiary/aromatic N) is 3. The maximum atomic E-state index is 13.4. The van der Waals surface area contributed by atoms with E-state index in [1.807, 2.05) is 6.07 Å². The smallest absolute Gasteiger partial charge is 0.142 e. The van der Waals surface area contributed by atoms with Gasteiger partial charge in [0.1, 0.15) is 22.4 Å². The molecule has 0 amide bonds. The first-order valence-corrected chi connectivity index (χ1v) is 8.76. The van der Waals surface area contributed by atoms with Crippen molar-refractivity contribution in [2.24, 2.45) is 10.7 Å². The summed E-state index contributed by atoms with van der Waals surface area (Å²) in [6.45, 7) is 1.80. The fourth-order valence-electron chi connectivity index (χ4n) is 3.00. The highest BCUT2D eigenvalue weighted by Crippen LogP contribution is 2.42. The molecule has 2 aliphatic heterocycles. The molecule has 0 bridgehead atoms. The third-order valence-corrected chi connectivity index (χ3v) is 5.39. The van der Waals surface area contributed by atoms with Crippen molar-refractivity contribution in [2.45, 2.75) is 18.0 Å². The molecule has 25 heavy (non-hydrogen) atoms. The van der Waals surface area contributed by atoms with Gasteiger partial charge in [-0.05, 0) is 30.8 Å². The summed E-state index contributed by atoms with van der Waals surface area (Å²) < 4.78 is 13.4. The van der Waals surface area contributed by atoms with Crippen LogP contribution in [-0.2, 0) is 13.0 Å². The van der Waals surface area contributed by atoms with E-state index in [0.717, 1.165) is 35.8 Å². The number of aliphatic hydroxyl groups excluding tert-OH is 1. The predicted molar refractivity (Wildman–Crippen MR) is 97.4 cm³/mol. The quantitative estimate of drug-likeness (QED) is 0.768. The van der Waals surface area contributed by atoms with Crippen LogP contribution in [0.4, 0.5) is 10.1 Å². The highest BCUT2D eigenvalue weighted by molar-refractivity contribution is 8.04. The summed E-state index contributed by atoms with van der Waals surface area (Å²) in [7, 11) is 2.08. The molecule has 0 unspecified atom stereocenters. The van der Waals surface area contributed by atoms with E-state index in [4.69, 9.17) is 10.7 Å². The molecule has 0 radical (unpaired) electrons. The van der Waals surface area contributed by atoms with Crippen LogP contribution >= 0.6 is 11.8 Å². The number of aliphatic hydroxyl groups is 1. The number of rotatable bonds is 1. The van der Waals surface area contributed by atoms with E-state index in [1.165, 1.54) is 23.9 Å². The molecule has 2 aliphatic rings. The summed E-state index contributed by atoms with van der Waals surface area (Å²) in [6.07, 6.45) is 0.883. The van der Waals surface area contributed by atoms with E-state index in [0.29, 0.717) is 16.2 Å². The first-order chi connectivity index (χ1) is 12.0. The Morgan fingerprint density at radius 1 is 1.36 bits per heavy atom. The average Bonchev–Trinajstić information content (AvgIpc) is 2.59. The minimum absolute atomic E-state index is 0.0874. The van der Waals surface area contributed by atoms with Crippen LogP contribution in [0.25, 0.3) is 5.76 Å². The van der Waals surface area contributed by atoms with Crippen molar-refractivity contribution < 1.29 is 9.50 Å². The lowest BCUT2D eigenvalue weighted by atomic mass is 10.1. The summed E-state index contributed by atoms with van der Waals surface area (Å²) in [6, 6.07) is 7.78. The van der Waals surface area contributed by atoms with Gasteiger partial charge >= 0.3 is 0 Å². The molecule has 128 valence electrons. The molecule has 0 spiro atoms. The highest BCUT2D eigenvalue weighted by Gasteiger charge is 2.25. The molecule has 7 heteroatoms. The Morgan fingerprint density at radius 3 is 3.00 bits per heavy atom. The van der Waals surface area contributed by atoms with E-state index in [1.54, 1.807) is 12.1 Å². The van der Waals surface area contributed by atoms with Gasteiger partial charge in [0.25, 0.3) is 0 Å². The van der Waals surface area contributed by atoms with E-state index in [-0.39, 0.29) is 11.6 Å². The van der Waals surface area contributed by atoms with Gasteiger partial charge in [0, 0.05) is 30.8 Å². The molecule has 1 aromatic heterocycles. The van der Waals surface area contributed by atoms with Gasteiger partial charge in [0.05, 0.1) is 10.6 Å². The molecule has 1 aromatic carbocycles. The van der Waals surface area contributed by atoms with E-state index in [9.17, 15) is 9.50 Å². The Bertz CT molecular complexity index is 925. The lowest BCUT2D eigenvalue weighted by Crippen LogP contribution is -2.27. The Labute approximate surface area is 149 Å². The second-order valence-electron chi connectivity index (χ2n) is 6.19. The second kappa shape index (κ2) is 6.16. The van der Waals surface area contributed by atoms with Gasteiger partial charge in [0.2, 0.25) is 0 Å². The third-order valence-electron chi connectivity index (χ3n) is 4.29. The summed E-state index contributed by atoms with van der Waals surface area (Å²) in [5, 5.41) is 11.3. The van der Waals surface area contributed by atoms with Crippen molar-refractivity contribution in [3.63, 3.8) is 0 Å². The van der Waals surface area contributed by atoms with Gasteiger partial charge in [-0.3, -0.25) is 0 Å². The van der Waals surface area contributed by atoms with Gasteiger partial charge in [-0.2, -0.15) is 0 Å². The van der Waals surface area contributed by atoms with Crippen molar-refractivity contribution >= 4 is 29.0 Å².